The van der Waals surface area contributed by atoms with Gasteiger partial charge in [-0.25, -0.2) is 0 Å². The van der Waals surface area contributed by atoms with E-state index in [-0.39, 0.29) is 81.2 Å². The summed E-state index contributed by atoms with van der Waals surface area (Å²) in [6.45, 7) is 19.6. The summed E-state index contributed by atoms with van der Waals surface area (Å²) >= 11 is 0. The van der Waals surface area contributed by atoms with Gasteiger partial charge in [-0.15, -0.1) is 0 Å². The van der Waals surface area contributed by atoms with E-state index < -0.39 is 40.9 Å². The van der Waals surface area contributed by atoms with Crippen LogP contribution < -0.4 is 0 Å². The molecule has 1 N–H and O–H groups in total. The standard InChI is InChI=1S/C54H68O12/c1-36(17-13-19-38(3)21-26-44-40(5)51(62)46(33-53(44,7)8)65-49(60)29-24-42(56)23-28-48(58)59)15-11-12-16-37(2)18-14-20-39(4)22-27-45-41(6)52(63)47(34-54(45,9)10)66-50(61)30-25-43(57)31-32-64-35-55/h11-22,26-27,35,46-47H,23-25,28-34H2,1-10H3,(H,58,59)/b12-11+,17-13+,18-14+,26-21+,27-22+,36-15+,37-16+,38-19+,39-20+. The highest BCUT2D eigenvalue weighted by Crippen LogP contribution is 2.42. The number of carbonyl (C=O) groups excluding carboxylic acids is 7. The van der Waals surface area contributed by atoms with Crippen LogP contribution in [0.4, 0.5) is 0 Å². The molecule has 12 heteroatoms. The van der Waals surface area contributed by atoms with Crippen molar-refractivity contribution < 1.29 is 57.7 Å². The van der Waals surface area contributed by atoms with Gasteiger partial charge in [0.05, 0.1) is 25.9 Å². The van der Waals surface area contributed by atoms with Crippen LogP contribution in [0.2, 0.25) is 0 Å². The van der Waals surface area contributed by atoms with Crippen molar-refractivity contribution in [1.29, 1.82) is 0 Å². The molecule has 0 saturated heterocycles. The van der Waals surface area contributed by atoms with E-state index >= 15 is 0 Å². The van der Waals surface area contributed by atoms with Crippen LogP contribution in [0.3, 0.4) is 0 Å². The number of ether oxygens (including phenoxy) is 3. The summed E-state index contributed by atoms with van der Waals surface area (Å²) in [5.74, 6) is -3.44. The van der Waals surface area contributed by atoms with Gasteiger partial charge < -0.3 is 19.3 Å². The Morgan fingerprint density at radius 3 is 1.32 bits per heavy atom. The van der Waals surface area contributed by atoms with Gasteiger partial charge in [-0.1, -0.05) is 135 Å². The monoisotopic (exact) mass is 908 g/mol. The van der Waals surface area contributed by atoms with Crippen molar-refractivity contribution in [2.75, 3.05) is 6.61 Å². The Morgan fingerprint density at radius 2 is 0.924 bits per heavy atom. The number of carboxylic acids is 1. The smallest absolute Gasteiger partial charge is 0.306 e. The number of allylic oxidation sites excluding steroid dienone is 20. The number of aliphatic carboxylic acids is 1. The van der Waals surface area contributed by atoms with Crippen LogP contribution in [-0.4, -0.2) is 71.4 Å². The van der Waals surface area contributed by atoms with E-state index in [9.17, 15) is 38.4 Å². The lowest BCUT2D eigenvalue weighted by molar-refractivity contribution is -0.156. The number of carboxylic acid groups (broad SMARTS) is 1. The largest absolute Gasteiger partial charge is 0.481 e. The van der Waals surface area contributed by atoms with Gasteiger partial charge in [-0.05, 0) is 74.7 Å². The first-order valence-electron chi connectivity index (χ1n) is 22.3. The summed E-state index contributed by atoms with van der Waals surface area (Å²) < 4.78 is 15.5. The van der Waals surface area contributed by atoms with Gasteiger partial charge in [0.15, 0.2) is 23.8 Å². The molecule has 0 heterocycles. The average molecular weight is 909 g/mol. The van der Waals surface area contributed by atoms with Crippen LogP contribution in [-0.2, 0) is 52.6 Å². The van der Waals surface area contributed by atoms with Crippen LogP contribution in [0.15, 0.2) is 130 Å². The first-order chi connectivity index (χ1) is 31.0. The Hall–Kier alpha value is -6.30. The van der Waals surface area contributed by atoms with Crippen LogP contribution in [0, 0.1) is 10.8 Å². The Morgan fingerprint density at radius 1 is 0.561 bits per heavy atom. The molecule has 66 heavy (non-hydrogen) atoms. The fourth-order valence-electron chi connectivity index (χ4n) is 7.39. The molecule has 0 bridgehead atoms. The van der Waals surface area contributed by atoms with Crippen LogP contribution in [0.5, 0.6) is 0 Å². The topological polar surface area (TPSA) is 184 Å². The van der Waals surface area contributed by atoms with Gasteiger partial charge in [0, 0.05) is 38.5 Å². The van der Waals surface area contributed by atoms with Crippen molar-refractivity contribution in [3.05, 3.63) is 130 Å². The first kappa shape index (κ1) is 55.8. The molecule has 0 amide bonds. The number of rotatable bonds is 25. The second-order valence-corrected chi connectivity index (χ2v) is 18.0. The van der Waals surface area contributed by atoms with Crippen molar-refractivity contribution >= 4 is 47.5 Å². The highest BCUT2D eigenvalue weighted by Gasteiger charge is 2.41. The van der Waals surface area contributed by atoms with E-state index in [1.807, 2.05) is 140 Å². The fourth-order valence-corrected chi connectivity index (χ4v) is 7.39. The summed E-state index contributed by atoms with van der Waals surface area (Å²) in [7, 11) is 0. The quantitative estimate of drug-likeness (QED) is 0.0301. The van der Waals surface area contributed by atoms with Crippen LogP contribution in [0.25, 0.3) is 0 Å². The van der Waals surface area contributed by atoms with Gasteiger partial charge in [-0.3, -0.25) is 38.4 Å². The summed E-state index contributed by atoms with van der Waals surface area (Å²) in [4.78, 5) is 95.9. The molecule has 2 unspecified atom stereocenters. The van der Waals surface area contributed by atoms with Gasteiger partial charge in [0.1, 0.15) is 11.6 Å². The molecule has 2 aliphatic rings. The lowest BCUT2D eigenvalue weighted by Gasteiger charge is -2.36. The lowest BCUT2D eigenvalue weighted by atomic mass is 9.71. The number of ketones is 4. The molecule has 0 radical (unpaired) electrons. The summed E-state index contributed by atoms with van der Waals surface area (Å²) in [6.07, 6.45) is 25.4. The Bertz CT molecular complexity index is 2200. The van der Waals surface area contributed by atoms with Crippen molar-refractivity contribution in [3.63, 3.8) is 0 Å². The minimum atomic E-state index is -1.08. The molecule has 0 aromatic carbocycles. The van der Waals surface area contributed by atoms with Gasteiger partial charge in [0.25, 0.3) is 6.47 Å². The van der Waals surface area contributed by atoms with Gasteiger partial charge in [-0.2, -0.15) is 0 Å². The molecule has 12 nitrogen and oxygen atoms in total. The third-order valence-electron chi connectivity index (χ3n) is 11.2. The molecular formula is C54H68O12. The molecule has 0 aromatic heterocycles. The maximum Gasteiger partial charge on any atom is 0.306 e. The van der Waals surface area contributed by atoms with E-state index in [4.69, 9.17) is 14.6 Å². The third kappa shape index (κ3) is 19.8. The maximum absolute atomic E-state index is 13.2. The number of hydrogen-bond acceptors (Lipinski definition) is 11. The van der Waals surface area contributed by atoms with E-state index in [1.54, 1.807) is 13.8 Å². The lowest BCUT2D eigenvalue weighted by Crippen LogP contribution is -2.39. The minimum Gasteiger partial charge on any atom is -0.481 e. The van der Waals surface area contributed by atoms with Crippen molar-refractivity contribution in [2.45, 2.75) is 139 Å². The van der Waals surface area contributed by atoms with Crippen LogP contribution >= 0.6 is 0 Å². The van der Waals surface area contributed by atoms with Gasteiger partial charge >= 0.3 is 17.9 Å². The van der Waals surface area contributed by atoms with E-state index in [2.05, 4.69) is 4.74 Å². The number of hydrogen-bond donors (Lipinski definition) is 1. The molecule has 0 saturated carbocycles. The highest BCUT2D eigenvalue weighted by molar-refractivity contribution is 6.02. The summed E-state index contributed by atoms with van der Waals surface area (Å²) in [6, 6.07) is 0. The molecule has 2 atom stereocenters. The molecule has 0 spiro atoms. The van der Waals surface area contributed by atoms with E-state index in [0.29, 0.717) is 24.0 Å². The minimum absolute atomic E-state index is 0.0210. The second kappa shape index (κ2) is 27.2. The zero-order valence-corrected chi connectivity index (χ0v) is 40.3. The van der Waals surface area contributed by atoms with Crippen molar-refractivity contribution in [1.82, 2.24) is 0 Å². The SMILES string of the molecule is CC1=C(/C=C/C(C)=C/C=C/C(C)=C/C=C/C=C(C)/C=C/C=C(C)/C=C/C2=C(C)C(=O)C(OC(=O)CCC(=O)CCC(=O)O)CC2(C)C)C(C)(C)CC(OC(=O)CCC(=O)CCOC=O)C1=O. The van der Waals surface area contributed by atoms with E-state index in [1.165, 1.54) is 0 Å². The predicted molar refractivity (Wildman–Crippen MR) is 255 cm³/mol. The Kier molecular flexibility index (Phi) is 23.0. The molecule has 0 aliphatic heterocycles. The normalized spacial score (nSPS) is 19.8. The summed E-state index contributed by atoms with van der Waals surface area (Å²) in [5, 5.41) is 8.73. The second-order valence-electron chi connectivity index (χ2n) is 18.0. The van der Waals surface area contributed by atoms with E-state index in [0.717, 1.165) is 33.4 Å². The molecule has 0 aromatic rings. The molecular weight excluding hydrogens is 841 g/mol. The maximum atomic E-state index is 13.2. The number of Topliss-reactive ketones (excluding diaryl/α,β-unsaturated/α-hetero) is 4. The average Bonchev–Trinajstić information content (AvgIpc) is 3.23. The Labute approximate surface area is 390 Å². The predicted octanol–water partition coefficient (Wildman–Crippen LogP) is 10.1. The highest BCUT2D eigenvalue weighted by atomic mass is 16.6. The third-order valence-corrected chi connectivity index (χ3v) is 11.2. The number of carbonyl (C=O) groups is 8. The van der Waals surface area contributed by atoms with Crippen molar-refractivity contribution in [3.8, 4) is 0 Å². The zero-order valence-electron chi connectivity index (χ0n) is 40.3. The molecule has 0 fully saturated rings. The Balaban J connectivity index is 1.94. The van der Waals surface area contributed by atoms with Crippen molar-refractivity contribution in [2.24, 2.45) is 10.8 Å². The van der Waals surface area contributed by atoms with Crippen LogP contribution in [0.1, 0.15) is 127 Å². The molecule has 2 rings (SSSR count). The first-order valence-corrected chi connectivity index (χ1v) is 22.3. The number of esters is 2. The molecule has 2 aliphatic carbocycles. The summed E-state index contributed by atoms with van der Waals surface area (Å²) in [5.41, 5.74) is 5.93. The van der Waals surface area contributed by atoms with Gasteiger partial charge in [0.2, 0.25) is 0 Å². The zero-order chi connectivity index (χ0) is 49.6. The fraction of sp³-hybridized carbons (Fsp3) is 0.444. The molecule has 356 valence electrons.